The van der Waals surface area contributed by atoms with Crippen LogP contribution in [0.1, 0.15) is 59.2 Å². The normalized spacial score (nSPS) is 15.4. The van der Waals surface area contributed by atoms with Crippen LogP contribution in [-0.2, 0) is 4.79 Å². The molecule has 1 amide bonds. The van der Waals surface area contributed by atoms with Crippen molar-refractivity contribution in [3.63, 3.8) is 0 Å². The third-order valence-corrected chi connectivity index (χ3v) is 5.90. The van der Waals surface area contributed by atoms with E-state index in [2.05, 4.69) is 5.32 Å². The van der Waals surface area contributed by atoms with Gasteiger partial charge in [0.1, 0.15) is 6.04 Å². The first-order valence-electron chi connectivity index (χ1n) is 10.0. The lowest BCUT2D eigenvalue weighted by atomic mass is 9.85. The summed E-state index contributed by atoms with van der Waals surface area (Å²) in [5.74, 6) is -2.22. The monoisotopic (exact) mass is 429 g/mol. The van der Waals surface area contributed by atoms with Crippen LogP contribution >= 0.6 is 11.6 Å². The Hall–Kier alpha value is -2.86. The predicted octanol–water partition coefficient (Wildman–Crippen LogP) is 4.86. The van der Waals surface area contributed by atoms with Gasteiger partial charge in [-0.25, -0.2) is 9.59 Å². The zero-order valence-electron chi connectivity index (χ0n) is 16.4. The van der Waals surface area contributed by atoms with Gasteiger partial charge in [0.25, 0.3) is 5.91 Å². The maximum atomic E-state index is 12.7. The van der Waals surface area contributed by atoms with Gasteiger partial charge >= 0.3 is 11.9 Å². The number of hydrogen-bond donors (Lipinski definition) is 3. The Labute approximate surface area is 179 Å². The van der Waals surface area contributed by atoms with E-state index in [1.165, 1.54) is 18.6 Å². The highest BCUT2D eigenvalue weighted by Crippen LogP contribution is 2.30. The minimum atomic E-state index is -1.03. The molecule has 158 valence electrons. The quantitative estimate of drug-likeness (QED) is 0.583. The molecular formula is C23H24ClNO5. The summed E-state index contributed by atoms with van der Waals surface area (Å²) in [6.45, 7) is 0. The summed E-state index contributed by atoms with van der Waals surface area (Å²) >= 11 is 6.28. The fourth-order valence-electron chi connectivity index (χ4n) is 3.90. The minimum absolute atomic E-state index is 0.149. The number of carbonyl (C=O) groups excluding carboxylic acids is 1. The van der Waals surface area contributed by atoms with Crippen molar-refractivity contribution in [2.24, 2.45) is 5.92 Å². The van der Waals surface area contributed by atoms with Crippen molar-refractivity contribution < 1.29 is 24.6 Å². The van der Waals surface area contributed by atoms with Gasteiger partial charge in [-0.3, -0.25) is 4.79 Å². The number of amides is 1. The number of halogens is 1. The molecule has 0 aromatic heterocycles. The summed E-state index contributed by atoms with van der Waals surface area (Å²) in [4.78, 5) is 35.5. The maximum Gasteiger partial charge on any atom is 0.335 e. The van der Waals surface area contributed by atoms with E-state index in [4.69, 9.17) is 16.7 Å². The second-order valence-corrected chi connectivity index (χ2v) is 8.09. The molecule has 0 bridgehead atoms. The van der Waals surface area contributed by atoms with Crippen LogP contribution in [0.2, 0.25) is 5.02 Å². The standard InChI is InChI=1S/C23H24ClNO5/c24-19-11-10-17(13-18(19)15-6-8-16(9-7-15)22(27)28)21(26)25-20(23(29)30)12-14-4-2-1-3-5-14/h6-11,13-14,20H,1-5,12H2,(H,25,26)(H,27,28)(H,29,30). The van der Waals surface area contributed by atoms with Gasteiger partial charge in [0.2, 0.25) is 0 Å². The number of carbonyl (C=O) groups is 3. The van der Waals surface area contributed by atoms with Crippen LogP contribution in [0.15, 0.2) is 42.5 Å². The topological polar surface area (TPSA) is 104 Å². The lowest BCUT2D eigenvalue weighted by Crippen LogP contribution is -2.42. The highest BCUT2D eigenvalue weighted by atomic mass is 35.5. The van der Waals surface area contributed by atoms with Crippen LogP contribution in [-0.4, -0.2) is 34.1 Å². The number of hydrogen-bond acceptors (Lipinski definition) is 3. The van der Waals surface area contributed by atoms with Gasteiger partial charge in [-0.2, -0.15) is 0 Å². The largest absolute Gasteiger partial charge is 0.480 e. The first-order chi connectivity index (χ1) is 14.3. The summed E-state index contributed by atoms with van der Waals surface area (Å²) in [5.41, 5.74) is 1.68. The molecule has 0 aliphatic heterocycles. The van der Waals surface area contributed by atoms with E-state index in [0.29, 0.717) is 34.1 Å². The smallest absolute Gasteiger partial charge is 0.335 e. The van der Waals surface area contributed by atoms with Crippen LogP contribution in [0, 0.1) is 5.92 Å². The molecule has 0 radical (unpaired) electrons. The first kappa shape index (κ1) is 21.8. The number of carboxylic acid groups (broad SMARTS) is 2. The number of aromatic carboxylic acids is 1. The third-order valence-electron chi connectivity index (χ3n) is 5.57. The van der Waals surface area contributed by atoms with E-state index in [-0.39, 0.29) is 5.56 Å². The number of benzene rings is 2. The molecule has 1 fully saturated rings. The summed E-state index contributed by atoms with van der Waals surface area (Å²) in [5, 5.41) is 21.7. The molecule has 3 rings (SSSR count). The molecule has 0 heterocycles. The van der Waals surface area contributed by atoms with E-state index >= 15 is 0 Å². The molecule has 1 aliphatic rings. The van der Waals surface area contributed by atoms with Crippen molar-refractivity contribution in [3.05, 3.63) is 58.6 Å². The molecule has 7 heteroatoms. The second-order valence-electron chi connectivity index (χ2n) is 7.68. The molecule has 1 aliphatic carbocycles. The van der Waals surface area contributed by atoms with E-state index in [0.717, 1.165) is 25.7 Å². The Bertz CT molecular complexity index is 935. The fraction of sp³-hybridized carbons (Fsp3) is 0.348. The third kappa shape index (κ3) is 5.39. The summed E-state index contributed by atoms with van der Waals surface area (Å²) < 4.78 is 0. The van der Waals surface area contributed by atoms with Crippen molar-refractivity contribution in [2.75, 3.05) is 0 Å². The minimum Gasteiger partial charge on any atom is -0.480 e. The van der Waals surface area contributed by atoms with Crippen molar-refractivity contribution in [2.45, 2.75) is 44.6 Å². The Morgan fingerprint density at radius 1 is 0.967 bits per heavy atom. The van der Waals surface area contributed by atoms with E-state index in [1.54, 1.807) is 30.3 Å². The highest BCUT2D eigenvalue weighted by Gasteiger charge is 2.26. The molecule has 1 saturated carbocycles. The molecule has 3 N–H and O–H groups in total. The summed E-state index contributed by atoms with van der Waals surface area (Å²) in [7, 11) is 0. The molecule has 0 saturated heterocycles. The molecule has 6 nitrogen and oxygen atoms in total. The predicted molar refractivity (Wildman–Crippen MR) is 114 cm³/mol. The Kier molecular flexibility index (Phi) is 7.11. The van der Waals surface area contributed by atoms with Gasteiger partial charge in [0.05, 0.1) is 5.56 Å². The van der Waals surface area contributed by atoms with Gasteiger partial charge < -0.3 is 15.5 Å². The van der Waals surface area contributed by atoms with Crippen molar-refractivity contribution in [3.8, 4) is 11.1 Å². The average molecular weight is 430 g/mol. The van der Waals surface area contributed by atoms with E-state index in [9.17, 15) is 19.5 Å². The van der Waals surface area contributed by atoms with Crippen LogP contribution in [0.4, 0.5) is 0 Å². The summed E-state index contributed by atoms with van der Waals surface area (Å²) in [6.07, 6.45) is 5.81. The molecule has 0 spiro atoms. The molecule has 1 unspecified atom stereocenters. The van der Waals surface area contributed by atoms with Gasteiger partial charge in [-0.15, -0.1) is 0 Å². The molecule has 2 aromatic carbocycles. The number of nitrogens with one attached hydrogen (secondary N) is 1. The summed E-state index contributed by atoms with van der Waals surface area (Å²) in [6, 6.07) is 9.95. The maximum absolute atomic E-state index is 12.7. The Balaban J connectivity index is 1.77. The number of carboxylic acids is 2. The highest BCUT2D eigenvalue weighted by molar-refractivity contribution is 6.33. The molecule has 1 atom stereocenters. The SMILES string of the molecule is O=C(O)c1ccc(-c2cc(C(=O)NC(CC3CCCCC3)C(=O)O)ccc2Cl)cc1. The van der Waals surface area contributed by atoms with Crippen LogP contribution in [0.25, 0.3) is 11.1 Å². The average Bonchev–Trinajstić information content (AvgIpc) is 2.74. The van der Waals surface area contributed by atoms with Crippen molar-refractivity contribution >= 4 is 29.4 Å². The molecule has 2 aromatic rings. The lowest BCUT2D eigenvalue weighted by Gasteiger charge is -2.25. The zero-order valence-corrected chi connectivity index (χ0v) is 17.2. The van der Waals surface area contributed by atoms with Crippen molar-refractivity contribution in [1.82, 2.24) is 5.32 Å². The lowest BCUT2D eigenvalue weighted by molar-refractivity contribution is -0.139. The van der Waals surface area contributed by atoms with Gasteiger partial charge in [0.15, 0.2) is 0 Å². The van der Waals surface area contributed by atoms with E-state index < -0.39 is 23.9 Å². The fourth-order valence-corrected chi connectivity index (χ4v) is 4.13. The Morgan fingerprint density at radius 3 is 2.20 bits per heavy atom. The van der Waals surface area contributed by atoms with E-state index in [1.807, 2.05) is 0 Å². The van der Waals surface area contributed by atoms with Crippen molar-refractivity contribution in [1.29, 1.82) is 0 Å². The Morgan fingerprint density at radius 2 is 1.60 bits per heavy atom. The first-order valence-corrected chi connectivity index (χ1v) is 10.4. The number of aliphatic carboxylic acids is 1. The van der Waals surface area contributed by atoms with Crippen LogP contribution < -0.4 is 5.32 Å². The number of rotatable bonds is 7. The zero-order chi connectivity index (χ0) is 21.7. The molecule has 30 heavy (non-hydrogen) atoms. The molecular weight excluding hydrogens is 406 g/mol. The van der Waals surface area contributed by atoms with Crippen LogP contribution in [0.3, 0.4) is 0 Å². The second kappa shape index (κ2) is 9.76. The van der Waals surface area contributed by atoms with Gasteiger partial charge in [-0.05, 0) is 48.2 Å². The van der Waals surface area contributed by atoms with Gasteiger partial charge in [0, 0.05) is 16.1 Å². The van der Waals surface area contributed by atoms with Crippen LogP contribution in [0.5, 0.6) is 0 Å². The van der Waals surface area contributed by atoms with Gasteiger partial charge in [-0.1, -0.05) is 55.8 Å².